The molecule has 1 aromatic heterocycles. The van der Waals surface area contributed by atoms with Crippen LogP contribution in [0, 0.1) is 0 Å². The molecule has 1 amide bonds. The molecule has 0 aliphatic heterocycles. The number of rotatable bonds is 7. The van der Waals surface area contributed by atoms with Gasteiger partial charge in [0.25, 0.3) is 0 Å². The molecular formula is C16H25Cl2N5O. The van der Waals surface area contributed by atoms with Crippen LogP contribution in [-0.4, -0.2) is 33.3 Å². The minimum atomic E-state index is -0.534. The molecule has 0 fully saturated rings. The van der Waals surface area contributed by atoms with Gasteiger partial charge < -0.3 is 15.6 Å². The maximum atomic E-state index is 12.0. The summed E-state index contributed by atoms with van der Waals surface area (Å²) in [5.74, 6) is 1.09. The zero-order valence-corrected chi connectivity index (χ0v) is 15.5. The molecule has 2 rings (SSSR count). The first-order valence-corrected chi connectivity index (χ1v) is 7.53. The van der Waals surface area contributed by atoms with E-state index in [0.717, 1.165) is 11.4 Å². The second-order valence-corrected chi connectivity index (χ2v) is 5.62. The standard InChI is InChI=1S/C16H23N5O.2ClH/c1-12(2)15-20-19-11-21(15)9-8-18-16(22)14(17)10-13-6-4-3-5-7-13;;/h3-7,11-12,14H,8-10,17H2,1-2H3,(H,18,22);2*1H. The van der Waals surface area contributed by atoms with Crippen LogP contribution >= 0.6 is 24.8 Å². The van der Waals surface area contributed by atoms with Gasteiger partial charge >= 0.3 is 0 Å². The molecule has 2 aromatic rings. The Kier molecular flexibility index (Phi) is 10.3. The normalized spacial score (nSPS) is 11.3. The van der Waals surface area contributed by atoms with Gasteiger partial charge in [-0.1, -0.05) is 44.2 Å². The van der Waals surface area contributed by atoms with E-state index in [1.807, 2.05) is 34.9 Å². The molecule has 0 spiro atoms. The SMILES string of the molecule is CC(C)c1nncn1CCNC(=O)C(N)Cc1ccccc1.Cl.Cl. The molecule has 3 N–H and O–H groups in total. The van der Waals surface area contributed by atoms with Gasteiger partial charge in [0.2, 0.25) is 5.91 Å². The number of benzene rings is 1. The fourth-order valence-corrected chi connectivity index (χ4v) is 2.27. The summed E-state index contributed by atoms with van der Waals surface area (Å²) in [5, 5.41) is 10.9. The Labute approximate surface area is 155 Å². The highest BCUT2D eigenvalue weighted by molar-refractivity contribution is 5.85. The van der Waals surface area contributed by atoms with Crippen LogP contribution < -0.4 is 11.1 Å². The van der Waals surface area contributed by atoms with Crippen molar-refractivity contribution < 1.29 is 4.79 Å². The van der Waals surface area contributed by atoms with Crippen molar-refractivity contribution in [3.05, 3.63) is 48.0 Å². The van der Waals surface area contributed by atoms with Crippen molar-refractivity contribution >= 4 is 30.7 Å². The Morgan fingerprint density at radius 1 is 1.25 bits per heavy atom. The van der Waals surface area contributed by atoms with E-state index in [2.05, 4.69) is 29.4 Å². The molecule has 24 heavy (non-hydrogen) atoms. The second kappa shape index (κ2) is 11.0. The summed E-state index contributed by atoms with van der Waals surface area (Å²) >= 11 is 0. The van der Waals surface area contributed by atoms with E-state index in [4.69, 9.17) is 5.73 Å². The Bertz CT molecular complexity index is 604. The third kappa shape index (κ3) is 6.47. The van der Waals surface area contributed by atoms with E-state index in [-0.39, 0.29) is 30.7 Å². The van der Waals surface area contributed by atoms with E-state index in [1.165, 1.54) is 0 Å². The molecule has 1 atom stereocenters. The Morgan fingerprint density at radius 2 is 1.92 bits per heavy atom. The molecular weight excluding hydrogens is 349 g/mol. The highest BCUT2D eigenvalue weighted by atomic mass is 35.5. The van der Waals surface area contributed by atoms with Gasteiger partial charge in [0.15, 0.2) is 0 Å². The van der Waals surface area contributed by atoms with Crippen molar-refractivity contribution in [3.8, 4) is 0 Å². The van der Waals surface area contributed by atoms with Gasteiger partial charge in [-0.25, -0.2) is 0 Å². The first-order valence-electron chi connectivity index (χ1n) is 7.53. The maximum absolute atomic E-state index is 12.0. The number of nitrogens with one attached hydrogen (secondary N) is 1. The summed E-state index contributed by atoms with van der Waals surface area (Å²) in [7, 11) is 0. The molecule has 0 saturated heterocycles. The lowest BCUT2D eigenvalue weighted by molar-refractivity contribution is -0.122. The molecule has 134 valence electrons. The van der Waals surface area contributed by atoms with Crippen LogP contribution in [-0.2, 0) is 17.8 Å². The summed E-state index contributed by atoms with van der Waals surface area (Å²) in [6.07, 6.45) is 2.22. The van der Waals surface area contributed by atoms with Gasteiger partial charge in [-0.3, -0.25) is 4.79 Å². The van der Waals surface area contributed by atoms with Crippen molar-refractivity contribution in [3.63, 3.8) is 0 Å². The summed E-state index contributed by atoms with van der Waals surface area (Å²) in [5.41, 5.74) is 7.00. The summed E-state index contributed by atoms with van der Waals surface area (Å²) in [6, 6.07) is 9.24. The van der Waals surface area contributed by atoms with Crippen LogP contribution in [0.1, 0.15) is 31.2 Å². The van der Waals surface area contributed by atoms with Crippen LogP contribution in [0.3, 0.4) is 0 Å². The van der Waals surface area contributed by atoms with Crippen LogP contribution in [0.5, 0.6) is 0 Å². The molecule has 0 aliphatic carbocycles. The predicted molar refractivity (Wildman–Crippen MR) is 99.7 cm³/mol. The predicted octanol–water partition coefficient (Wildman–Crippen LogP) is 1.93. The van der Waals surface area contributed by atoms with Gasteiger partial charge in [0, 0.05) is 19.0 Å². The monoisotopic (exact) mass is 373 g/mol. The van der Waals surface area contributed by atoms with E-state index in [9.17, 15) is 4.79 Å². The number of hydrogen-bond acceptors (Lipinski definition) is 4. The third-order valence-electron chi connectivity index (χ3n) is 3.45. The van der Waals surface area contributed by atoms with Crippen LogP contribution in [0.2, 0.25) is 0 Å². The number of carbonyl (C=O) groups excluding carboxylic acids is 1. The first-order chi connectivity index (χ1) is 10.6. The highest BCUT2D eigenvalue weighted by Gasteiger charge is 2.14. The molecule has 0 aliphatic rings. The third-order valence-corrected chi connectivity index (χ3v) is 3.45. The number of aromatic nitrogens is 3. The van der Waals surface area contributed by atoms with Crippen LogP contribution in [0.4, 0.5) is 0 Å². The van der Waals surface area contributed by atoms with Crippen LogP contribution in [0.25, 0.3) is 0 Å². The van der Waals surface area contributed by atoms with E-state index in [1.54, 1.807) is 6.33 Å². The van der Waals surface area contributed by atoms with Crippen molar-refractivity contribution in [1.82, 2.24) is 20.1 Å². The van der Waals surface area contributed by atoms with Crippen LogP contribution in [0.15, 0.2) is 36.7 Å². The zero-order valence-electron chi connectivity index (χ0n) is 13.9. The fourth-order valence-electron chi connectivity index (χ4n) is 2.27. The molecule has 0 saturated carbocycles. The molecule has 1 heterocycles. The lowest BCUT2D eigenvalue weighted by Gasteiger charge is -2.13. The molecule has 1 aromatic carbocycles. The Hall–Kier alpha value is -1.63. The summed E-state index contributed by atoms with van der Waals surface area (Å²) in [6.45, 7) is 5.28. The van der Waals surface area contributed by atoms with Gasteiger partial charge in [0.1, 0.15) is 12.2 Å². The van der Waals surface area contributed by atoms with E-state index in [0.29, 0.717) is 25.4 Å². The van der Waals surface area contributed by atoms with Gasteiger partial charge in [0.05, 0.1) is 6.04 Å². The highest BCUT2D eigenvalue weighted by Crippen LogP contribution is 2.09. The van der Waals surface area contributed by atoms with Crippen molar-refractivity contribution in [2.75, 3.05) is 6.54 Å². The largest absolute Gasteiger partial charge is 0.353 e. The number of halogens is 2. The van der Waals surface area contributed by atoms with Gasteiger partial charge in [-0.15, -0.1) is 35.0 Å². The smallest absolute Gasteiger partial charge is 0.237 e. The number of nitrogens with zero attached hydrogens (tertiary/aromatic N) is 3. The average Bonchev–Trinajstić information content (AvgIpc) is 2.97. The molecule has 1 unspecified atom stereocenters. The molecule has 8 heteroatoms. The van der Waals surface area contributed by atoms with Gasteiger partial charge in [-0.05, 0) is 12.0 Å². The van der Waals surface area contributed by atoms with Gasteiger partial charge in [-0.2, -0.15) is 0 Å². The maximum Gasteiger partial charge on any atom is 0.237 e. The quantitative estimate of drug-likeness (QED) is 0.776. The number of nitrogens with two attached hydrogens (primary N) is 1. The topological polar surface area (TPSA) is 85.8 Å². The molecule has 6 nitrogen and oxygen atoms in total. The van der Waals surface area contributed by atoms with E-state index < -0.39 is 6.04 Å². The summed E-state index contributed by atoms with van der Waals surface area (Å²) < 4.78 is 1.95. The van der Waals surface area contributed by atoms with Crippen molar-refractivity contribution in [1.29, 1.82) is 0 Å². The Morgan fingerprint density at radius 3 is 2.54 bits per heavy atom. The average molecular weight is 374 g/mol. The summed E-state index contributed by atoms with van der Waals surface area (Å²) in [4.78, 5) is 12.0. The lowest BCUT2D eigenvalue weighted by atomic mass is 10.1. The molecule has 0 bridgehead atoms. The fraction of sp³-hybridized carbons (Fsp3) is 0.438. The van der Waals surface area contributed by atoms with Crippen molar-refractivity contribution in [2.24, 2.45) is 5.73 Å². The molecule has 0 radical (unpaired) electrons. The lowest BCUT2D eigenvalue weighted by Crippen LogP contribution is -2.43. The number of hydrogen-bond donors (Lipinski definition) is 2. The second-order valence-electron chi connectivity index (χ2n) is 5.62. The zero-order chi connectivity index (χ0) is 15.9. The number of amides is 1. The minimum Gasteiger partial charge on any atom is -0.353 e. The van der Waals surface area contributed by atoms with E-state index >= 15 is 0 Å². The number of carbonyl (C=O) groups is 1. The minimum absolute atomic E-state index is 0. The Balaban J connectivity index is 0.00000264. The van der Waals surface area contributed by atoms with Crippen molar-refractivity contribution in [2.45, 2.75) is 38.8 Å². The first kappa shape index (κ1) is 22.4.